The summed E-state index contributed by atoms with van der Waals surface area (Å²) >= 11 is 0. The molecule has 1 unspecified atom stereocenters. The number of hydrogen-bond acceptors (Lipinski definition) is 3. The molecule has 0 spiro atoms. The molecule has 4 heteroatoms. The van der Waals surface area contributed by atoms with Crippen LogP contribution in [0.5, 0.6) is 0 Å². The molecule has 4 nitrogen and oxygen atoms in total. The third-order valence-electron chi connectivity index (χ3n) is 3.62. The highest BCUT2D eigenvalue weighted by Crippen LogP contribution is 2.24. The van der Waals surface area contributed by atoms with E-state index >= 15 is 0 Å². The summed E-state index contributed by atoms with van der Waals surface area (Å²) in [7, 11) is 1.92. The van der Waals surface area contributed by atoms with Gasteiger partial charge in [0, 0.05) is 7.05 Å². The predicted molar refractivity (Wildman–Crippen MR) is 81.8 cm³/mol. The minimum absolute atomic E-state index is 0.263. The molecule has 0 bridgehead atoms. The van der Waals surface area contributed by atoms with Gasteiger partial charge in [0.1, 0.15) is 6.10 Å². The predicted octanol–water partition coefficient (Wildman–Crippen LogP) is 2.82. The first kappa shape index (κ1) is 13.8. The Morgan fingerprint density at radius 2 is 2.00 bits per heavy atom. The smallest absolute Gasteiger partial charge is 0.103 e. The second-order valence-electron chi connectivity index (χ2n) is 5.10. The maximum Gasteiger partial charge on any atom is 0.103 e. The van der Waals surface area contributed by atoms with E-state index in [1.807, 2.05) is 54.1 Å². The summed E-state index contributed by atoms with van der Waals surface area (Å²) in [5.74, 6) is 0. The fourth-order valence-electron chi connectivity index (χ4n) is 2.43. The van der Waals surface area contributed by atoms with Crippen LogP contribution in [-0.4, -0.2) is 21.3 Å². The fourth-order valence-corrected chi connectivity index (χ4v) is 2.43. The van der Waals surface area contributed by atoms with Gasteiger partial charge in [0.2, 0.25) is 0 Å². The summed E-state index contributed by atoms with van der Waals surface area (Å²) in [6.45, 7) is 0.706. The molecule has 0 aliphatic rings. The molecule has 1 atom stereocenters. The lowest BCUT2D eigenvalue weighted by Gasteiger charge is -2.14. The maximum absolute atomic E-state index is 10.4. The van der Waals surface area contributed by atoms with E-state index in [2.05, 4.69) is 4.98 Å². The number of fused-ring (bicyclic) bond motifs is 1. The number of aliphatic hydroxyl groups is 1. The van der Waals surface area contributed by atoms with Crippen LogP contribution in [0.25, 0.3) is 10.8 Å². The Morgan fingerprint density at radius 1 is 1.19 bits per heavy atom. The lowest BCUT2D eigenvalue weighted by Crippen LogP contribution is -2.09. The Labute approximate surface area is 123 Å². The van der Waals surface area contributed by atoms with Gasteiger partial charge < -0.3 is 14.4 Å². The van der Waals surface area contributed by atoms with Gasteiger partial charge in [0.25, 0.3) is 0 Å². The van der Waals surface area contributed by atoms with Crippen molar-refractivity contribution in [2.24, 2.45) is 7.05 Å². The third kappa shape index (κ3) is 2.96. The third-order valence-corrected chi connectivity index (χ3v) is 3.62. The molecule has 0 radical (unpaired) electrons. The van der Waals surface area contributed by atoms with E-state index < -0.39 is 6.10 Å². The SMILES string of the molecule is Cn1cncc1COCC(O)c1cccc2ccccc12. The molecule has 108 valence electrons. The van der Waals surface area contributed by atoms with E-state index in [9.17, 15) is 5.11 Å². The van der Waals surface area contributed by atoms with Gasteiger partial charge in [-0.25, -0.2) is 4.98 Å². The molecule has 1 heterocycles. The second kappa shape index (κ2) is 6.08. The number of imidazole rings is 1. The van der Waals surface area contributed by atoms with Crippen LogP contribution in [0, 0.1) is 0 Å². The molecular formula is C17H18N2O2. The van der Waals surface area contributed by atoms with Crippen molar-refractivity contribution in [3.05, 3.63) is 66.2 Å². The van der Waals surface area contributed by atoms with E-state index in [4.69, 9.17) is 4.74 Å². The molecule has 21 heavy (non-hydrogen) atoms. The van der Waals surface area contributed by atoms with Gasteiger partial charge in [-0.05, 0) is 16.3 Å². The summed E-state index contributed by atoms with van der Waals surface area (Å²) in [5.41, 5.74) is 1.89. The number of nitrogens with zero attached hydrogens (tertiary/aromatic N) is 2. The van der Waals surface area contributed by atoms with Gasteiger partial charge in [0.05, 0.1) is 31.4 Å². The average Bonchev–Trinajstić information content (AvgIpc) is 2.92. The average molecular weight is 282 g/mol. The van der Waals surface area contributed by atoms with E-state index in [0.29, 0.717) is 6.61 Å². The molecule has 1 aromatic heterocycles. The van der Waals surface area contributed by atoms with Gasteiger partial charge in [-0.3, -0.25) is 0 Å². The number of rotatable bonds is 5. The number of aryl methyl sites for hydroxylation is 1. The monoisotopic (exact) mass is 282 g/mol. The van der Waals surface area contributed by atoms with Crippen LogP contribution < -0.4 is 0 Å². The van der Waals surface area contributed by atoms with Crippen molar-refractivity contribution in [1.82, 2.24) is 9.55 Å². The van der Waals surface area contributed by atoms with Crippen molar-refractivity contribution in [3.63, 3.8) is 0 Å². The van der Waals surface area contributed by atoms with Crippen molar-refractivity contribution in [1.29, 1.82) is 0 Å². The van der Waals surface area contributed by atoms with Gasteiger partial charge in [-0.1, -0.05) is 42.5 Å². The van der Waals surface area contributed by atoms with Gasteiger partial charge in [-0.2, -0.15) is 0 Å². The van der Waals surface area contributed by atoms with Crippen LogP contribution >= 0.6 is 0 Å². The topological polar surface area (TPSA) is 47.3 Å². The number of aromatic nitrogens is 2. The molecular weight excluding hydrogens is 264 g/mol. The highest BCUT2D eigenvalue weighted by molar-refractivity contribution is 5.85. The van der Waals surface area contributed by atoms with Crippen LogP contribution in [-0.2, 0) is 18.4 Å². The van der Waals surface area contributed by atoms with Crippen LogP contribution in [0.3, 0.4) is 0 Å². The van der Waals surface area contributed by atoms with Crippen LogP contribution in [0.4, 0.5) is 0 Å². The lowest BCUT2D eigenvalue weighted by atomic mass is 10.0. The Balaban J connectivity index is 1.69. The Kier molecular flexibility index (Phi) is 3.99. The van der Waals surface area contributed by atoms with Crippen molar-refractivity contribution in [3.8, 4) is 0 Å². The summed E-state index contributed by atoms with van der Waals surface area (Å²) in [6, 6.07) is 14.0. The first-order chi connectivity index (χ1) is 10.3. The highest BCUT2D eigenvalue weighted by Gasteiger charge is 2.11. The van der Waals surface area contributed by atoms with Crippen molar-refractivity contribution >= 4 is 10.8 Å². The number of hydrogen-bond donors (Lipinski definition) is 1. The van der Waals surface area contributed by atoms with E-state index in [1.165, 1.54) is 0 Å². The van der Waals surface area contributed by atoms with Gasteiger partial charge in [0.15, 0.2) is 0 Å². The van der Waals surface area contributed by atoms with Crippen molar-refractivity contribution in [2.45, 2.75) is 12.7 Å². The zero-order chi connectivity index (χ0) is 14.7. The fraction of sp³-hybridized carbons (Fsp3) is 0.235. The molecule has 2 aromatic carbocycles. The molecule has 1 N–H and O–H groups in total. The van der Waals surface area contributed by atoms with E-state index in [-0.39, 0.29) is 6.61 Å². The standard InChI is InChI=1S/C17H18N2O2/c1-19-12-18-9-14(19)10-21-11-17(20)16-8-4-6-13-5-2-3-7-15(13)16/h2-9,12,17,20H,10-11H2,1H3. The number of ether oxygens (including phenoxy) is 1. The first-order valence-electron chi connectivity index (χ1n) is 6.94. The highest BCUT2D eigenvalue weighted by atomic mass is 16.5. The quantitative estimate of drug-likeness (QED) is 0.782. The zero-order valence-corrected chi connectivity index (χ0v) is 11.9. The summed E-state index contributed by atoms with van der Waals surface area (Å²) in [6.07, 6.45) is 2.87. The molecule has 0 fully saturated rings. The van der Waals surface area contributed by atoms with Gasteiger partial charge >= 0.3 is 0 Å². The summed E-state index contributed by atoms with van der Waals surface area (Å²) in [4.78, 5) is 4.04. The van der Waals surface area contributed by atoms with Crippen LogP contribution in [0.15, 0.2) is 55.0 Å². The lowest BCUT2D eigenvalue weighted by molar-refractivity contribution is 0.0264. The second-order valence-corrected chi connectivity index (χ2v) is 5.10. The van der Waals surface area contributed by atoms with E-state index in [0.717, 1.165) is 22.0 Å². The zero-order valence-electron chi connectivity index (χ0n) is 11.9. The first-order valence-corrected chi connectivity index (χ1v) is 6.94. The number of benzene rings is 2. The largest absolute Gasteiger partial charge is 0.386 e. The van der Waals surface area contributed by atoms with E-state index in [1.54, 1.807) is 12.5 Å². The van der Waals surface area contributed by atoms with Crippen LogP contribution in [0.1, 0.15) is 17.4 Å². The molecule has 3 aromatic rings. The molecule has 3 rings (SSSR count). The Hall–Kier alpha value is -2.17. The normalized spacial score (nSPS) is 12.7. The van der Waals surface area contributed by atoms with Crippen molar-refractivity contribution < 1.29 is 9.84 Å². The van der Waals surface area contributed by atoms with Crippen LogP contribution in [0.2, 0.25) is 0 Å². The summed E-state index contributed by atoms with van der Waals surface area (Å²) < 4.78 is 7.52. The Bertz CT molecular complexity index is 731. The molecule has 0 aliphatic carbocycles. The summed E-state index contributed by atoms with van der Waals surface area (Å²) in [5, 5.41) is 12.6. The minimum atomic E-state index is -0.635. The Morgan fingerprint density at radius 3 is 2.81 bits per heavy atom. The molecule has 0 saturated carbocycles. The molecule has 0 saturated heterocycles. The number of aliphatic hydroxyl groups excluding tert-OH is 1. The van der Waals surface area contributed by atoms with Crippen molar-refractivity contribution in [2.75, 3.05) is 6.61 Å². The molecule has 0 amide bonds. The minimum Gasteiger partial charge on any atom is -0.386 e. The molecule has 0 aliphatic heterocycles. The maximum atomic E-state index is 10.4. The van der Waals surface area contributed by atoms with Gasteiger partial charge in [-0.15, -0.1) is 0 Å².